The summed E-state index contributed by atoms with van der Waals surface area (Å²) in [4.78, 5) is 16.4. The van der Waals surface area contributed by atoms with E-state index in [1.54, 1.807) is 4.90 Å². The highest BCUT2D eigenvalue weighted by Crippen LogP contribution is 2.27. The van der Waals surface area contributed by atoms with Crippen LogP contribution in [0.25, 0.3) is 0 Å². The van der Waals surface area contributed by atoms with Gasteiger partial charge in [-0.2, -0.15) is 0 Å². The number of morpholine rings is 1. The van der Waals surface area contributed by atoms with E-state index in [0.29, 0.717) is 19.0 Å². The molecule has 0 saturated carbocycles. The lowest BCUT2D eigenvalue weighted by Gasteiger charge is -2.29. The van der Waals surface area contributed by atoms with E-state index in [-0.39, 0.29) is 18.9 Å². The maximum atomic E-state index is 13.2. The van der Waals surface area contributed by atoms with E-state index in [2.05, 4.69) is 10.2 Å². The molecular weight excluding hydrogens is 280 g/mol. The predicted octanol–water partition coefficient (Wildman–Crippen LogP) is 0.164. The normalized spacial score (nSPS) is 33.5. The highest BCUT2D eigenvalue weighted by molar-refractivity contribution is 5.82. The summed E-state index contributed by atoms with van der Waals surface area (Å²) in [6.45, 7) is 5.42. The molecule has 2 atom stereocenters. The summed E-state index contributed by atoms with van der Waals surface area (Å²) >= 11 is 0. The Kier molecular flexibility index (Phi) is 4.42. The molecule has 0 aliphatic carbocycles. The molecule has 120 valence electrons. The second kappa shape index (κ2) is 6.14. The minimum absolute atomic E-state index is 0.156. The molecule has 3 saturated heterocycles. The average Bonchev–Trinajstić information content (AvgIpc) is 3.06. The van der Waals surface area contributed by atoms with Crippen LogP contribution in [-0.2, 0) is 9.53 Å². The number of hydrogen-bond donors (Lipinski definition) is 1. The molecule has 3 heterocycles. The molecule has 1 amide bonds. The van der Waals surface area contributed by atoms with Crippen LogP contribution in [0.3, 0.4) is 0 Å². The minimum atomic E-state index is -2.74. The third-order valence-corrected chi connectivity index (χ3v) is 4.63. The standard InChI is InChI=1S/C14H23F2N3O2/c15-14(16)7-12(17-10-14)13(20)19-2-1-11(9-19)8-18-3-5-21-6-4-18/h11-12,17H,1-10H2. The van der Waals surface area contributed by atoms with Gasteiger partial charge in [0.05, 0.1) is 25.8 Å². The van der Waals surface area contributed by atoms with Gasteiger partial charge in [0.15, 0.2) is 0 Å². The van der Waals surface area contributed by atoms with Crippen LogP contribution in [0.2, 0.25) is 0 Å². The topological polar surface area (TPSA) is 44.8 Å². The van der Waals surface area contributed by atoms with Gasteiger partial charge in [0, 0.05) is 39.1 Å². The van der Waals surface area contributed by atoms with E-state index >= 15 is 0 Å². The second-order valence-electron chi connectivity index (χ2n) is 6.35. The summed E-state index contributed by atoms with van der Waals surface area (Å²) in [5.74, 6) is -2.45. The van der Waals surface area contributed by atoms with Crippen LogP contribution >= 0.6 is 0 Å². The number of ether oxygens (including phenoxy) is 1. The summed E-state index contributed by atoms with van der Waals surface area (Å²) in [5, 5.41) is 2.65. The van der Waals surface area contributed by atoms with E-state index in [9.17, 15) is 13.6 Å². The Labute approximate surface area is 123 Å². The van der Waals surface area contributed by atoms with Crippen LogP contribution in [0.15, 0.2) is 0 Å². The van der Waals surface area contributed by atoms with Crippen molar-refractivity contribution in [3.05, 3.63) is 0 Å². The Bertz CT molecular complexity index is 388. The van der Waals surface area contributed by atoms with Gasteiger partial charge >= 0.3 is 0 Å². The fourth-order valence-electron chi connectivity index (χ4n) is 3.44. The van der Waals surface area contributed by atoms with Crippen molar-refractivity contribution < 1.29 is 18.3 Å². The molecule has 3 fully saturated rings. The van der Waals surface area contributed by atoms with E-state index in [1.165, 1.54) is 0 Å². The molecule has 2 unspecified atom stereocenters. The molecule has 0 aromatic rings. The Balaban J connectivity index is 1.46. The number of alkyl halides is 2. The monoisotopic (exact) mass is 303 g/mol. The Morgan fingerprint density at radius 1 is 1.29 bits per heavy atom. The molecule has 3 aliphatic heterocycles. The molecule has 5 nitrogen and oxygen atoms in total. The Morgan fingerprint density at radius 2 is 2.05 bits per heavy atom. The summed E-state index contributed by atoms with van der Waals surface area (Å²) in [6, 6.07) is -0.706. The first-order chi connectivity index (χ1) is 10.0. The lowest BCUT2D eigenvalue weighted by Crippen LogP contribution is -2.43. The van der Waals surface area contributed by atoms with Gasteiger partial charge in [-0.15, -0.1) is 0 Å². The molecule has 0 bridgehead atoms. The van der Waals surface area contributed by atoms with Gasteiger partial charge in [0.25, 0.3) is 5.92 Å². The maximum Gasteiger partial charge on any atom is 0.262 e. The SMILES string of the molecule is O=C(C1CC(F)(F)CN1)N1CCC(CN2CCOCC2)C1. The van der Waals surface area contributed by atoms with Crippen LogP contribution in [-0.4, -0.2) is 80.2 Å². The third-order valence-electron chi connectivity index (χ3n) is 4.63. The lowest BCUT2D eigenvalue weighted by atomic mass is 10.1. The third kappa shape index (κ3) is 3.70. The molecule has 3 aliphatic rings. The molecule has 0 aromatic carbocycles. The Morgan fingerprint density at radius 3 is 2.71 bits per heavy atom. The van der Waals surface area contributed by atoms with Crippen LogP contribution in [0, 0.1) is 5.92 Å². The van der Waals surface area contributed by atoms with Crippen molar-refractivity contribution in [2.24, 2.45) is 5.92 Å². The number of halogens is 2. The van der Waals surface area contributed by atoms with Crippen LogP contribution in [0.4, 0.5) is 8.78 Å². The van der Waals surface area contributed by atoms with Crippen LogP contribution < -0.4 is 5.32 Å². The largest absolute Gasteiger partial charge is 0.379 e. The second-order valence-corrected chi connectivity index (χ2v) is 6.35. The quantitative estimate of drug-likeness (QED) is 0.807. The van der Waals surface area contributed by atoms with Crippen molar-refractivity contribution in [2.45, 2.75) is 24.8 Å². The zero-order chi connectivity index (χ0) is 14.9. The van der Waals surface area contributed by atoms with E-state index in [0.717, 1.165) is 39.3 Å². The highest BCUT2D eigenvalue weighted by Gasteiger charge is 2.44. The maximum absolute atomic E-state index is 13.2. The summed E-state index contributed by atoms with van der Waals surface area (Å²) in [5.41, 5.74) is 0. The van der Waals surface area contributed by atoms with Gasteiger partial charge in [-0.1, -0.05) is 0 Å². The number of carbonyl (C=O) groups excluding carboxylic acids is 1. The van der Waals surface area contributed by atoms with Crippen molar-refractivity contribution in [1.82, 2.24) is 15.1 Å². The van der Waals surface area contributed by atoms with Crippen molar-refractivity contribution in [1.29, 1.82) is 0 Å². The fraction of sp³-hybridized carbons (Fsp3) is 0.929. The summed E-state index contributed by atoms with van der Waals surface area (Å²) < 4.78 is 31.7. The number of hydrogen-bond acceptors (Lipinski definition) is 4. The zero-order valence-electron chi connectivity index (χ0n) is 12.2. The first-order valence-corrected chi connectivity index (χ1v) is 7.74. The molecule has 21 heavy (non-hydrogen) atoms. The molecule has 0 spiro atoms. The van der Waals surface area contributed by atoms with E-state index in [4.69, 9.17) is 4.74 Å². The number of likely N-dealkylation sites (tertiary alicyclic amines) is 1. The lowest BCUT2D eigenvalue weighted by molar-refractivity contribution is -0.132. The summed E-state index contributed by atoms with van der Waals surface area (Å²) in [7, 11) is 0. The molecule has 0 aromatic heterocycles. The molecule has 1 N–H and O–H groups in total. The van der Waals surface area contributed by atoms with Crippen molar-refractivity contribution >= 4 is 5.91 Å². The fourth-order valence-corrected chi connectivity index (χ4v) is 3.44. The van der Waals surface area contributed by atoms with Crippen LogP contribution in [0.1, 0.15) is 12.8 Å². The van der Waals surface area contributed by atoms with Crippen molar-refractivity contribution in [3.8, 4) is 0 Å². The van der Waals surface area contributed by atoms with Gasteiger partial charge in [-0.25, -0.2) is 8.78 Å². The van der Waals surface area contributed by atoms with Gasteiger partial charge in [-0.3, -0.25) is 15.0 Å². The van der Waals surface area contributed by atoms with Gasteiger partial charge < -0.3 is 9.64 Å². The average molecular weight is 303 g/mol. The van der Waals surface area contributed by atoms with E-state index < -0.39 is 12.0 Å². The first-order valence-electron chi connectivity index (χ1n) is 7.74. The van der Waals surface area contributed by atoms with Gasteiger partial charge in [0.1, 0.15) is 0 Å². The number of nitrogens with zero attached hydrogens (tertiary/aromatic N) is 2. The number of rotatable bonds is 3. The number of nitrogens with one attached hydrogen (secondary N) is 1. The Hall–Kier alpha value is -0.790. The molecule has 3 rings (SSSR count). The predicted molar refractivity (Wildman–Crippen MR) is 73.3 cm³/mol. The number of carbonyl (C=O) groups is 1. The van der Waals surface area contributed by atoms with Crippen LogP contribution in [0.5, 0.6) is 0 Å². The zero-order valence-corrected chi connectivity index (χ0v) is 12.2. The van der Waals surface area contributed by atoms with Crippen molar-refractivity contribution in [2.75, 3.05) is 52.5 Å². The molecular formula is C14H23F2N3O2. The molecule has 7 heteroatoms. The van der Waals surface area contributed by atoms with Crippen molar-refractivity contribution in [3.63, 3.8) is 0 Å². The highest BCUT2D eigenvalue weighted by atomic mass is 19.3. The van der Waals surface area contributed by atoms with E-state index in [1.807, 2.05) is 0 Å². The first kappa shape index (κ1) is 15.1. The molecule has 0 radical (unpaired) electrons. The summed E-state index contributed by atoms with van der Waals surface area (Å²) in [6.07, 6.45) is 0.600. The minimum Gasteiger partial charge on any atom is -0.379 e. The van der Waals surface area contributed by atoms with Gasteiger partial charge in [-0.05, 0) is 12.3 Å². The number of amides is 1. The van der Waals surface area contributed by atoms with Gasteiger partial charge in [0.2, 0.25) is 5.91 Å². The smallest absolute Gasteiger partial charge is 0.262 e.